The zero-order chi connectivity index (χ0) is 39.3. The number of rotatable bonds is 7. The molecule has 0 aliphatic heterocycles. The zero-order valence-electron chi connectivity index (χ0n) is 32.9. The first kappa shape index (κ1) is 34.7. The zero-order valence-corrected chi connectivity index (χ0v) is 32.9. The minimum absolute atomic E-state index is 0.801. The molecule has 0 spiro atoms. The van der Waals surface area contributed by atoms with Crippen LogP contribution in [-0.2, 0) is 6.54 Å². The van der Waals surface area contributed by atoms with Crippen molar-refractivity contribution in [1.82, 2.24) is 4.57 Å². The highest BCUT2D eigenvalue weighted by Crippen LogP contribution is 2.50. The Bertz CT molecular complexity index is 3110. The number of fused-ring (bicyclic) bond motifs is 4. The van der Waals surface area contributed by atoms with Gasteiger partial charge in [0.1, 0.15) is 0 Å². The van der Waals surface area contributed by atoms with E-state index in [4.69, 9.17) is 0 Å². The van der Waals surface area contributed by atoms with Crippen LogP contribution in [-0.4, -0.2) is 4.57 Å². The molecular formula is C58H41N. The highest BCUT2D eigenvalue weighted by atomic mass is 15.0. The number of hydrogen-bond acceptors (Lipinski definition) is 0. The molecule has 0 atom stereocenters. The fraction of sp³-hybridized carbons (Fsp3) is 0.0345. The van der Waals surface area contributed by atoms with Gasteiger partial charge in [0.15, 0.2) is 0 Å². The van der Waals surface area contributed by atoms with Crippen molar-refractivity contribution in [1.29, 1.82) is 0 Å². The second-order valence-electron chi connectivity index (χ2n) is 15.5. The molecule has 1 nitrogen and oxygen atoms in total. The average molecular weight is 752 g/mol. The maximum Gasteiger partial charge on any atom is 0.0571 e. The Labute approximate surface area is 345 Å². The molecule has 278 valence electrons. The lowest BCUT2D eigenvalue weighted by Gasteiger charge is -2.15. The lowest BCUT2D eigenvalue weighted by molar-refractivity contribution is 0.785. The van der Waals surface area contributed by atoms with E-state index in [1.807, 2.05) is 0 Å². The van der Waals surface area contributed by atoms with E-state index in [9.17, 15) is 0 Å². The van der Waals surface area contributed by atoms with Gasteiger partial charge < -0.3 is 4.57 Å². The summed E-state index contributed by atoms with van der Waals surface area (Å²) >= 11 is 0. The molecule has 1 heterocycles. The molecule has 10 aromatic carbocycles. The van der Waals surface area contributed by atoms with Gasteiger partial charge >= 0.3 is 0 Å². The summed E-state index contributed by atoms with van der Waals surface area (Å²) in [7, 11) is 0. The largest absolute Gasteiger partial charge is 0.340 e. The standard InChI is InChI=1S/C58H41N/c1-2-59-57(45-31-27-43(28-32-45)53-23-11-19-41-15-7-9-21-51(41)53)55(49-35-25-39-13-3-5-17-47(39)37-49)56(50-36-26-40-14-4-6-18-48(40)38-50)58(59)46-33-29-44(30-34-46)54-24-12-20-42-16-8-10-22-52(42)54/h3-38H,2H2,1H3. The molecule has 0 radical (unpaired) electrons. The van der Waals surface area contributed by atoms with E-state index in [0.29, 0.717) is 0 Å². The van der Waals surface area contributed by atoms with Crippen LogP contribution in [0.3, 0.4) is 0 Å². The fourth-order valence-electron chi connectivity index (χ4n) is 9.36. The van der Waals surface area contributed by atoms with Crippen LogP contribution in [0.15, 0.2) is 218 Å². The highest BCUT2D eigenvalue weighted by molar-refractivity contribution is 6.06. The summed E-state index contributed by atoms with van der Waals surface area (Å²) in [5.74, 6) is 0. The molecule has 0 N–H and O–H groups in total. The van der Waals surface area contributed by atoms with Crippen molar-refractivity contribution < 1.29 is 0 Å². The quantitative estimate of drug-likeness (QED) is 0.153. The maximum atomic E-state index is 2.56. The van der Waals surface area contributed by atoms with Crippen molar-refractivity contribution in [3.63, 3.8) is 0 Å². The van der Waals surface area contributed by atoms with Gasteiger partial charge in [-0.25, -0.2) is 0 Å². The first-order chi connectivity index (χ1) is 29.2. The molecule has 1 heteroatoms. The highest BCUT2D eigenvalue weighted by Gasteiger charge is 2.27. The van der Waals surface area contributed by atoms with Gasteiger partial charge in [-0.1, -0.05) is 206 Å². The summed E-state index contributed by atoms with van der Waals surface area (Å²) in [5, 5.41) is 9.99. The molecule has 0 aliphatic carbocycles. The molecule has 11 aromatic rings. The molecule has 1 aromatic heterocycles. The van der Waals surface area contributed by atoms with E-state index in [0.717, 1.165) is 6.54 Å². The lowest BCUT2D eigenvalue weighted by Crippen LogP contribution is -2.00. The van der Waals surface area contributed by atoms with E-state index in [2.05, 4.69) is 230 Å². The van der Waals surface area contributed by atoms with Gasteiger partial charge in [0.05, 0.1) is 11.4 Å². The molecule has 0 saturated carbocycles. The van der Waals surface area contributed by atoms with E-state index < -0.39 is 0 Å². The molecular weight excluding hydrogens is 711 g/mol. The number of aromatic nitrogens is 1. The summed E-state index contributed by atoms with van der Waals surface area (Å²) in [4.78, 5) is 0. The Morgan fingerprint density at radius 3 is 1.05 bits per heavy atom. The van der Waals surface area contributed by atoms with Gasteiger partial charge in [0.2, 0.25) is 0 Å². The van der Waals surface area contributed by atoms with Crippen LogP contribution >= 0.6 is 0 Å². The second kappa shape index (κ2) is 14.5. The van der Waals surface area contributed by atoms with Crippen molar-refractivity contribution in [2.75, 3.05) is 0 Å². The Morgan fingerprint density at radius 2 is 0.627 bits per heavy atom. The normalized spacial score (nSPS) is 11.5. The van der Waals surface area contributed by atoms with Gasteiger partial charge in [-0.05, 0) is 107 Å². The molecule has 0 aliphatic rings. The Kier molecular flexibility index (Phi) is 8.52. The minimum Gasteiger partial charge on any atom is -0.340 e. The molecule has 0 unspecified atom stereocenters. The second-order valence-corrected chi connectivity index (χ2v) is 15.5. The first-order valence-corrected chi connectivity index (χ1v) is 20.6. The molecule has 11 rings (SSSR count). The third-order valence-corrected chi connectivity index (χ3v) is 12.2. The van der Waals surface area contributed by atoms with E-state index in [1.165, 1.54) is 110 Å². The van der Waals surface area contributed by atoms with Crippen molar-refractivity contribution in [3.05, 3.63) is 218 Å². The monoisotopic (exact) mass is 751 g/mol. The summed E-state index contributed by atoms with van der Waals surface area (Å²) in [5.41, 5.74) is 14.7. The fourth-order valence-corrected chi connectivity index (χ4v) is 9.36. The van der Waals surface area contributed by atoms with Crippen LogP contribution in [0.25, 0.3) is 110 Å². The SMILES string of the molecule is CCn1c(-c2ccc(-c3cccc4ccccc34)cc2)c(-c2ccc3ccccc3c2)c(-c2ccc3ccccc3c2)c1-c1ccc(-c2cccc3ccccc23)cc1. The number of nitrogens with zero attached hydrogens (tertiary/aromatic N) is 1. The van der Waals surface area contributed by atoms with Gasteiger partial charge in [-0.3, -0.25) is 0 Å². The number of benzene rings is 10. The third kappa shape index (κ3) is 6.02. The summed E-state index contributed by atoms with van der Waals surface area (Å²) in [6.45, 7) is 3.09. The summed E-state index contributed by atoms with van der Waals surface area (Å²) < 4.78 is 2.56. The molecule has 0 bridgehead atoms. The average Bonchev–Trinajstić information content (AvgIpc) is 3.66. The van der Waals surface area contributed by atoms with Crippen LogP contribution in [0, 0.1) is 0 Å². The molecule has 0 amide bonds. The Balaban J connectivity index is 1.18. The maximum absolute atomic E-state index is 2.56. The molecule has 59 heavy (non-hydrogen) atoms. The first-order valence-electron chi connectivity index (χ1n) is 20.6. The number of hydrogen-bond donors (Lipinski definition) is 0. The summed E-state index contributed by atoms with van der Waals surface area (Å²) in [6, 6.07) is 80.5. The lowest BCUT2D eigenvalue weighted by atomic mass is 9.89. The van der Waals surface area contributed by atoms with Gasteiger partial charge in [0, 0.05) is 17.7 Å². The predicted octanol–water partition coefficient (Wildman–Crippen LogP) is 16.1. The molecule has 0 fully saturated rings. The third-order valence-electron chi connectivity index (χ3n) is 12.2. The van der Waals surface area contributed by atoms with Crippen molar-refractivity contribution in [2.24, 2.45) is 0 Å². The van der Waals surface area contributed by atoms with Crippen molar-refractivity contribution in [3.8, 4) is 67.0 Å². The summed E-state index contributed by atoms with van der Waals surface area (Å²) in [6.07, 6.45) is 0. The van der Waals surface area contributed by atoms with Crippen LogP contribution in [0.4, 0.5) is 0 Å². The van der Waals surface area contributed by atoms with Crippen LogP contribution in [0.5, 0.6) is 0 Å². The van der Waals surface area contributed by atoms with Crippen LogP contribution in [0.2, 0.25) is 0 Å². The van der Waals surface area contributed by atoms with Crippen molar-refractivity contribution in [2.45, 2.75) is 13.5 Å². The Hall–Kier alpha value is -7.48. The molecule has 0 saturated heterocycles. The van der Waals surface area contributed by atoms with Gasteiger partial charge in [-0.15, -0.1) is 0 Å². The van der Waals surface area contributed by atoms with Crippen LogP contribution < -0.4 is 0 Å². The van der Waals surface area contributed by atoms with Gasteiger partial charge in [0.25, 0.3) is 0 Å². The predicted molar refractivity (Wildman–Crippen MR) is 253 cm³/mol. The minimum atomic E-state index is 0.801. The topological polar surface area (TPSA) is 4.93 Å². The van der Waals surface area contributed by atoms with E-state index in [-0.39, 0.29) is 0 Å². The van der Waals surface area contributed by atoms with E-state index >= 15 is 0 Å². The Morgan fingerprint density at radius 1 is 0.288 bits per heavy atom. The van der Waals surface area contributed by atoms with Crippen molar-refractivity contribution >= 4 is 43.1 Å². The smallest absolute Gasteiger partial charge is 0.0571 e. The van der Waals surface area contributed by atoms with E-state index in [1.54, 1.807) is 0 Å². The van der Waals surface area contributed by atoms with Crippen LogP contribution in [0.1, 0.15) is 6.92 Å². The van der Waals surface area contributed by atoms with Gasteiger partial charge in [-0.2, -0.15) is 0 Å².